The number of rotatable bonds is 4. The van der Waals surface area contributed by atoms with Gasteiger partial charge in [-0.15, -0.1) is 11.3 Å². The van der Waals surface area contributed by atoms with E-state index in [4.69, 9.17) is 0 Å². The summed E-state index contributed by atoms with van der Waals surface area (Å²) in [7, 11) is 0. The van der Waals surface area contributed by atoms with Gasteiger partial charge in [0.1, 0.15) is 0 Å². The fraction of sp³-hybridized carbons (Fsp3) is 0. The van der Waals surface area contributed by atoms with Gasteiger partial charge in [0.25, 0.3) is 0 Å². The first-order valence-electron chi connectivity index (χ1n) is 5.97. The van der Waals surface area contributed by atoms with Crippen LogP contribution in [0.5, 0.6) is 0 Å². The van der Waals surface area contributed by atoms with E-state index in [1.807, 2.05) is 29.6 Å². The second-order valence-corrected chi connectivity index (χ2v) is 4.79. The van der Waals surface area contributed by atoms with Crippen molar-refractivity contribution in [2.24, 2.45) is 5.10 Å². The minimum absolute atomic E-state index is 0.740. The van der Waals surface area contributed by atoms with Crippen molar-refractivity contribution < 1.29 is 0 Å². The maximum absolute atomic E-state index is 4.45. The summed E-state index contributed by atoms with van der Waals surface area (Å²) in [6.45, 7) is 0. The molecule has 0 radical (unpaired) electrons. The zero-order chi connectivity index (χ0) is 13.6. The Balaban J connectivity index is 1.68. The summed E-state index contributed by atoms with van der Waals surface area (Å²) < 4.78 is 0. The van der Waals surface area contributed by atoms with Gasteiger partial charge in [-0.2, -0.15) is 5.10 Å². The first-order chi connectivity index (χ1) is 9.92. The van der Waals surface area contributed by atoms with Crippen LogP contribution in [0.25, 0.3) is 11.3 Å². The van der Waals surface area contributed by atoms with Crippen LogP contribution in [0.2, 0.25) is 0 Å². The molecular formula is C14H11N5S. The fourth-order valence-corrected chi connectivity index (χ4v) is 2.25. The summed E-state index contributed by atoms with van der Waals surface area (Å²) >= 11 is 1.50. The molecule has 98 valence electrons. The number of hydrazone groups is 1. The molecule has 0 aliphatic carbocycles. The monoisotopic (exact) mass is 281 g/mol. The molecular weight excluding hydrogens is 270 g/mol. The van der Waals surface area contributed by atoms with Crippen molar-refractivity contribution in [1.82, 2.24) is 15.0 Å². The van der Waals surface area contributed by atoms with Gasteiger partial charge in [0.2, 0.25) is 5.13 Å². The number of aromatic nitrogens is 3. The van der Waals surface area contributed by atoms with E-state index in [1.54, 1.807) is 31.0 Å². The van der Waals surface area contributed by atoms with Crippen LogP contribution in [0, 0.1) is 0 Å². The molecule has 3 aromatic heterocycles. The lowest BCUT2D eigenvalue weighted by atomic mass is 10.2. The third-order valence-electron chi connectivity index (χ3n) is 2.52. The van der Waals surface area contributed by atoms with E-state index < -0.39 is 0 Å². The highest BCUT2D eigenvalue weighted by Gasteiger charge is 2.03. The molecule has 6 heteroatoms. The molecule has 0 aliphatic heterocycles. The molecule has 1 N–H and O–H groups in total. The maximum Gasteiger partial charge on any atom is 0.203 e. The Bertz CT molecular complexity index is 694. The molecule has 0 saturated heterocycles. The van der Waals surface area contributed by atoms with Crippen molar-refractivity contribution >= 4 is 22.7 Å². The zero-order valence-corrected chi connectivity index (χ0v) is 11.3. The molecule has 5 nitrogen and oxygen atoms in total. The highest BCUT2D eigenvalue weighted by atomic mass is 32.1. The second kappa shape index (κ2) is 6.03. The molecule has 0 bridgehead atoms. The van der Waals surface area contributed by atoms with Gasteiger partial charge < -0.3 is 0 Å². The van der Waals surface area contributed by atoms with Crippen molar-refractivity contribution in [3.05, 3.63) is 60.0 Å². The number of nitrogens with zero attached hydrogens (tertiary/aromatic N) is 4. The summed E-state index contributed by atoms with van der Waals surface area (Å²) in [6.07, 6.45) is 8.71. The SMILES string of the molecule is C(=N/Nc1nc(-c2cccnc2)cs1)/c1cccnc1. The van der Waals surface area contributed by atoms with E-state index in [0.29, 0.717) is 0 Å². The Hall–Kier alpha value is -2.60. The minimum atomic E-state index is 0.740. The topological polar surface area (TPSA) is 63.1 Å². The zero-order valence-electron chi connectivity index (χ0n) is 10.5. The molecule has 20 heavy (non-hydrogen) atoms. The molecule has 0 amide bonds. The average molecular weight is 281 g/mol. The lowest BCUT2D eigenvalue weighted by Crippen LogP contribution is -1.90. The van der Waals surface area contributed by atoms with Gasteiger partial charge in [-0.25, -0.2) is 4.98 Å². The number of anilines is 1. The predicted octanol–water partition coefficient (Wildman–Crippen LogP) is 3.05. The van der Waals surface area contributed by atoms with Crippen LogP contribution >= 0.6 is 11.3 Å². The normalized spacial score (nSPS) is 10.8. The lowest BCUT2D eigenvalue weighted by Gasteiger charge is -1.95. The molecule has 0 spiro atoms. The molecule has 3 aromatic rings. The largest absolute Gasteiger partial charge is 0.264 e. The fourth-order valence-electron chi connectivity index (χ4n) is 1.59. The lowest BCUT2D eigenvalue weighted by molar-refractivity contribution is 1.26. The number of hydrogen-bond donors (Lipinski definition) is 1. The molecule has 0 saturated carbocycles. The van der Waals surface area contributed by atoms with Crippen molar-refractivity contribution in [3.8, 4) is 11.3 Å². The highest BCUT2D eigenvalue weighted by Crippen LogP contribution is 2.23. The predicted molar refractivity (Wildman–Crippen MR) is 80.8 cm³/mol. The van der Waals surface area contributed by atoms with Crippen molar-refractivity contribution in [2.75, 3.05) is 5.43 Å². The average Bonchev–Trinajstić information content (AvgIpc) is 2.98. The Kier molecular flexibility index (Phi) is 3.75. The summed E-state index contributed by atoms with van der Waals surface area (Å²) in [5, 5.41) is 6.85. The number of hydrogen-bond acceptors (Lipinski definition) is 6. The van der Waals surface area contributed by atoms with Gasteiger partial charge in [-0.05, 0) is 18.2 Å². The van der Waals surface area contributed by atoms with E-state index >= 15 is 0 Å². The third-order valence-corrected chi connectivity index (χ3v) is 3.27. The molecule has 0 unspecified atom stereocenters. The van der Waals surface area contributed by atoms with E-state index in [-0.39, 0.29) is 0 Å². The van der Waals surface area contributed by atoms with Crippen LogP contribution in [0.4, 0.5) is 5.13 Å². The van der Waals surface area contributed by atoms with Crippen LogP contribution < -0.4 is 5.43 Å². The Labute approximate surface area is 120 Å². The van der Waals surface area contributed by atoms with Gasteiger partial charge in [-0.3, -0.25) is 15.4 Å². The van der Waals surface area contributed by atoms with Crippen LogP contribution in [-0.2, 0) is 0 Å². The number of nitrogens with one attached hydrogen (secondary N) is 1. The van der Waals surface area contributed by atoms with Gasteiger partial charge in [0.05, 0.1) is 11.9 Å². The summed E-state index contributed by atoms with van der Waals surface area (Å²) in [5.41, 5.74) is 5.73. The number of pyridine rings is 2. The first-order valence-corrected chi connectivity index (χ1v) is 6.85. The Morgan fingerprint density at radius 2 is 1.95 bits per heavy atom. The quantitative estimate of drug-likeness (QED) is 0.589. The standard InChI is InChI=1S/C14H11N5S/c1-3-11(7-15-5-1)8-17-19-14-18-13(10-20-14)12-4-2-6-16-9-12/h1-10H,(H,18,19)/b17-8-. The van der Waals surface area contributed by atoms with Crippen molar-refractivity contribution in [3.63, 3.8) is 0 Å². The third kappa shape index (κ3) is 3.04. The summed E-state index contributed by atoms with van der Waals surface area (Å²) in [5.74, 6) is 0. The second-order valence-electron chi connectivity index (χ2n) is 3.94. The van der Waals surface area contributed by atoms with E-state index in [9.17, 15) is 0 Å². The molecule has 3 rings (SSSR count). The van der Waals surface area contributed by atoms with Crippen LogP contribution in [-0.4, -0.2) is 21.2 Å². The van der Waals surface area contributed by atoms with Crippen molar-refractivity contribution in [2.45, 2.75) is 0 Å². The van der Waals surface area contributed by atoms with Gasteiger partial charge in [0, 0.05) is 41.3 Å². The molecule has 0 fully saturated rings. The van der Waals surface area contributed by atoms with Gasteiger partial charge in [-0.1, -0.05) is 6.07 Å². The molecule has 0 atom stereocenters. The maximum atomic E-state index is 4.45. The summed E-state index contributed by atoms with van der Waals surface area (Å²) in [6, 6.07) is 7.67. The molecule has 0 aromatic carbocycles. The van der Waals surface area contributed by atoms with Crippen LogP contribution in [0.1, 0.15) is 5.56 Å². The van der Waals surface area contributed by atoms with Gasteiger partial charge >= 0.3 is 0 Å². The van der Waals surface area contributed by atoms with E-state index in [1.165, 1.54) is 11.3 Å². The minimum Gasteiger partial charge on any atom is -0.264 e. The van der Waals surface area contributed by atoms with Gasteiger partial charge in [0.15, 0.2) is 0 Å². The summed E-state index contributed by atoms with van der Waals surface area (Å²) in [4.78, 5) is 12.5. The Morgan fingerprint density at radius 3 is 2.70 bits per heavy atom. The molecule has 0 aliphatic rings. The van der Waals surface area contributed by atoms with E-state index in [2.05, 4.69) is 25.5 Å². The highest BCUT2D eigenvalue weighted by molar-refractivity contribution is 7.14. The van der Waals surface area contributed by atoms with Crippen LogP contribution in [0.15, 0.2) is 59.5 Å². The van der Waals surface area contributed by atoms with Crippen molar-refractivity contribution in [1.29, 1.82) is 0 Å². The number of thiazole rings is 1. The first kappa shape index (κ1) is 12.4. The van der Waals surface area contributed by atoms with E-state index in [0.717, 1.165) is 22.0 Å². The van der Waals surface area contributed by atoms with Crippen LogP contribution in [0.3, 0.4) is 0 Å². The molecule has 3 heterocycles. The smallest absolute Gasteiger partial charge is 0.203 e. The Morgan fingerprint density at radius 1 is 1.10 bits per heavy atom.